The molecule has 0 spiro atoms. The van der Waals surface area contributed by atoms with Gasteiger partial charge in [-0.1, -0.05) is 36.4 Å². The summed E-state index contributed by atoms with van der Waals surface area (Å²) in [5, 5.41) is 2.85. The summed E-state index contributed by atoms with van der Waals surface area (Å²) < 4.78 is 15.8. The molecule has 0 radical (unpaired) electrons. The lowest BCUT2D eigenvalue weighted by Crippen LogP contribution is -2.15. The van der Waals surface area contributed by atoms with E-state index in [1.807, 2.05) is 42.5 Å². The van der Waals surface area contributed by atoms with Crippen LogP contribution in [-0.4, -0.2) is 25.5 Å². The number of hydrogen-bond acceptors (Lipinski definition) is 5. The Morgan fingerprint density at radius 2 is 1.79 bits per heavy atom. The van der Waals surface area contributed by atoms with E-state index < -0.39 is 5.97 Å². The van der Waals surface area contributed by atoms with Crippen LogP contribution in [0.3, 0.4) is 0 Å². The van der Waals surface area contributed by atoms with Crippen LogP contribution in [0.2, 0.25) is 0 Å². The van der Waals surface area contributed by atoms with Crippen molar-refractivity contribution in [3.05, 3.63) is 78.1 Å². The number of rotatable bonds is 6. The van der Waals surface area contributed by atoms with Crippen LogP contribution < -0.4 is 4.74 Å². The fourth-order valence-electron chi connectivity index (χ4n) is 3.13. The van der Waals surface area contributed by atoms with Crippen molar-refractivity contribution in [2.45, 2.75) is 6.42 Å². The Morgan fingerprint density at radius 1 is 0.964 bits per heavy atom. The number of Topliss-reactive ketones (excluding diaryl/α,β-unsaturated/α-hetero) is 1. The van der Waals surface area contributed by atoms with Crippen LogP contribution in [0.15, 0.2) is 71.3 Å². The van der Waals surface area contributed by atoms with Crippen LogP contribution >= 0.6 is 0 Å². The van der Waals surface area contributed by atoms with E-state index >= 15 is 0 Å². The fraction of sp³-hybridized carbons (Fsp3) is 0.130. The molecule has 0 amide bonds. The number of ketones is 1. The third-order valence-electron chi connectivity index (χ3n) is 4.63. The molecule has 3 aromatic carbocycles. The van der Waals surface area contributed by atoms with Crippen molar-refractivity contribution in [2.75, 3.05) is 13.7 Å². The molecule has 0 aliphatic carbocycles. The van der Waals surface area contributed by atoms with E-state index in [1.165, 1.54) is 6.26 Å². The number of hydrogen-bond donors (Lipinski definition) is 0. The first-order valence-corrected chi connectivity index (χ1v) is 8.86. The van der Waals surface area contributed by atoms with E-state index in [9.17, 15) is 9.59 Å². The van der Waals surface area contributed by atoms with Crippen molar-refractivity contribution < 1.29 is 23.5 Å². The molecule has 0 unspecified atom stereocenters. The molecule has 0 N–H and O–H groups in total. The first kappa shape index (κ1) is 17.8. The van der Waals surface area contributed by atoms with Crippen molar-refractivity contribution in [1.29, 1.82) is 0 Å². The molecule has 5 heteroatoms. The summed E-state index contributed by atoms with van der Waals surface area (Å²) in [5.74, 6) is -0.0366. The minimum atomic E-state index is -0.479. The maximum Gasteiger partial charge on any atom is 0.310 e. The molecule has 0 aliphatic rings. The van der Waals surface area contributed by atoms with Crippen LogP contribution in [0, 0.1) is 0 Å². The molecule has 0 saturated carbocycles. The zero-order valence-corrected chi connectivity index (χ0v) is 15.3. The van der Waals surface area contributed by atoms with Crippen molar-refractivity contribution in [3.63, 3.8) is 0 Å². The largest absolute Gasteiger partial charge is 0.497 e. The van der Waals surface area contributed by atoms with Gasteiger partial charge in [0.05, 0.1) is 19.8 Å². The van der Waals surface area contributed by atoms with Gasteiger partial charge in [0.2, 0.25) is 0 Å². The predicted molar refractivity (Wildman–Crippen MR) is 106 cm³/mol. The number of ether oxygens (including phenoxy) is 2. The Balaban J connectivity index is 1.40. The minimum absolute atomic E-state index is 0.0321. The van der Waals surface area contributed by atoms with Crippen LogP contribution in [-0.2, 0) is 16.0 Å². The lowest BCUT2D eigenvalue weighted by Gasteiger charge is -2.05. The summed E-state index contributed by atoms with van der Waals surface area (Å²) in [6.45, 7) is -0.291. The van der Waals surface area contributed by atoms with E-state index in [0.717, 1.165) is 16.2 Å². The maximum absolute atomic E-state index is 12.4. The first-order valence-electron chi connectivity index (χ1n) is 8.86. The van der Waals surface area contributed by atoms with E-state index in [2.05, 4.69) is 0 Å². The minimum Gasteiger partial charge on any atom is -0.497 e. The average molecular weight is 374 g/mol. The molecule has 0 bridgehead atoms. The van der Waals surface area contributed by atoms with Crippen molar-refractivity contribution in [3.8, 4) is 5.75 Å². The van der Waals surface area contributed by atoms with Gasteiger partial charge in [-0.05, 0) is 29.0 Å². The van der Waals surface area contributed by atoms with E-state index in [0.29, 0.717) is 22.5 Å². The van der Waals surface area contributed by atoms with Gasteiger partial charge in [-0.15, -0.1) is 0 Å². The highest BCUT2D eigenvalue weighted by molar-refractivity contribution is 6.01. The average Bonchev–Trinajstić information content (AvgIpc) is 3.13. The van der Waals surface area contributed by atoms with Crippen molar-refractivity contribution in [2.24, 2.45) is 0 Å². The highest BCUT2D eigenvalue weighted by Gasteiger charge is 2.14. The summed E-state index contributed by atoms with van der Waals surface area (Å²) in [6, 6.07) is 18.6. The van der Waals surface area contributed by atoms with Gasteiger partial charge in [-0.3, -0.25) is 9.59 Å². The Bertz CT molecular complexity index is 1170. The SMILES string of the molecule is COc1ccc2c(CC(=O)OCC(=O)c3ccc4ccccc4c3)coc2c1. The molecule has 0 saturated heterocycles. The van der Waals surface area contributed by atoms with Crippen LogP contribution in [0.25, 0.3) is 21.7 Å². The van der Waals surface area contributed by atoms with E-state index in [-0.39, 0.29) is 18.8 Å². The molecule has 0 aliphatic heterocycles. The van der Waals surface area contributed by atoms with Crippen LogP contribution in [0.4, 0.5) is 0 Å². The second kappa shape index (κ2) is 7.56. The monoisotopic (exact) mass is 374 g/mol. The number of carbonyl (C=O) groups is 2. The quantitative estimate of drug-likeness (QED) is 0.366. The smallest absolute Gasteiger partial charge is 0.310 e. The molecular weight excluding hydrogens is 356 g/mol. The molecule has 28 heavy (non-hydrogen) atoms. The topological polar surface area (TPSA) is 65.7 Å². The van der Waals surface area contributed by atoms with Gasteiger partial charge in [0.25, 0.3) is 0 Å². The summed E-state index contributed by atoms with van der Waals surface area (Å²) in [7, 11) is 1.58. The normalized spacial score (nSPS) is 10.9. The molecule has 0 fully saturated rings. The van der Waals surface area contributed by atoms with Gasteiger partial charge in [-0.25, -0.2) is 0 Å². The number of benzene rings is 3. The Morgan fingerprint density at radius 3 is 2.61 bits per heavy atom. The summed E-state index contributed by atoms with van der Waals surface area (Å²) >= 11 is 0. The summed E-state index contributed by atoms with van der Waals surface area (Å²) in [4.78, 5) is 24.6. The molecule has 4 rings (SSSR count). The van der Waals surface area contributed by atoms with E-state index in [1.54, 1.807) is 25.3 Å². The van der Waals surface area contributed by atoms with Gasteiger partial charge in [0, 0.05) is 22.6 Å². The Hall–Kier alpha value is -3.60. The highest BCUT2D eigenvalue weighted by atomic mass is 16.5. The number of esters is 1. The van der Waals surface area contributed by atoms with Crippen molar-refractivity contribution in [1.82, 2.24) is 0 Å². The van der Waals surface area contributed by atoms with Gasteiger partial charge in [0.15, 0.2) is 12.4 Å². The van der Waals surface area contributed by atoms with Crippen molar-refractivity contribution >= 4 is 33.5 Å². The van der Waals surface area contributed by atoms with Gasteiger partial charge in [0.1, 0.15) is 11.3 Å². The molecule has 1 aromatic heterocycles. The fourth-order valence-corrected chi connectivity index (χ4v) is 3.13. The Kier molecular flexibility index (Phi) is 4.81. The molecule has 5 nitrogen and oxygen atoms in total. The molecular formula is C23H18O5. The maximum atomic E-state index is 12.4. The third kappa shape index (κ3) is 3.60. The zero-order chi connectivity index (χ0) is 19.5. The second-order valence-corrected chi connectivity index (χ2v) is 6.45. The summed E-state index contributed by atoms with van der Waals surface area (Å²) in [5.41, 5.74) is 1.86. The van der Waals surface area contributed by atoms with Crippen LogP contribution in [0.1, 0.15) is 15.9 Å². The zero-order valence-electron chi connectivity index (χ0n) is 15.3. The summed E-state index contributed by atoms with van der Waals surface area (Å²) in [6.07, 6.45) is 1.56. The number of carbonyl (C=O) groups excluding carboxylic acids is 2. The number of methoxy groups -OCH3 is 1. The van der Waals surface area contributed by atoms with E-state index in [4.69, 9.17) is 13.9 Å². The van der Waals surface area contributed by atoms with Gasteiger partial charge < -0.3 is 13.9 Å². The number of fused-ring (bicyclic) bond motifs is 2. The standard InChI is InChI=1S/C23H18O5/c1-26-19-8-9-20-18(13-27-22(20)12-19)11-23(25)28-14-21(24)17-7-6-15-4-2-3-5-16(15)10-17/h2-10,12-13H,11,14H2,1H3. The third-order valence-corrected chi connectivity index (χ3v) is 4.63. The first-order chi connectivity index (χ1) is 13.6. The second-order valence-electron chi connectivity index (χ2n) is 6.45. The molecule has 4 aromatic rings. The highest BCUT2D eigenvalue weighted by Crippen LogP contribution is 2.26. The van der Waals surface area contributed by atoms with Gasteiger partial charge in [-0.2, -0.15) is 0 Å². The molecule has 140 valence electrons. The van der Waals surface area contributed by atoms with Crippen LogP contribution in [0.5, 0.6) is 5.75 Å². The lowest BCUT2D eigenvalue weighted by atomic mass is 10.0. The predicted octanol–water partition coefficient (Wildman–Crippen LogP) is 4.56. The number of furan rings is 1. The van der Waals surface area contributed by atoms with Gasteiger partial charge >= 0.3 is 5.97 Å². The Labute approximate surface area is 161 Å². The molecule has 1 heterocycles. The lowest BCUT2D eigenvalue weighted by molar-refractivity contribution is -0.141. The molecule has 0 atom stereocenters.